The Morgan fingerprint density at radius 1 is 1.20 bits per heavy atom. The number of carbonyl (C=O) groups excluding carboxylic acids is 1. The molecule has 0 radical (unpaired) electrons. The maximum atomic E-state index is 12.3. The summed E-state index contributed by atoms with van der Waals surface area (Å²) in [6.45, 7) is 5.32. The molecule has 1 saturated carbocycles. The first-order chi connectivity index (χ1) is 16.8. The monoisotopic (exact) mass is 502 g/mol. The Morgan fingerprint density at radius 3 is 2.63 bits per heavy atom. The molecule has 0 unspecified atom stereocenters. The minimum absolute atomic E-state index is 0.0272. The summed E-state index contributed by atoms with van der Waals surface area (Å²) in [5.74, 6) is 0.547. The summed E-state index contributed by atoms with van der Waals surface area (Å²) < 4.78 is 25.7. The van der Waals surface area contributed by atoms with Crippen LogP contribution in [0.15, 0.2) is 18.5 Å². The summed E-state index contributed by atoms with van der Waals surface area (Å²) in [6, 6.07) is 0.0530. The number of anilines is 1. The van der Waals surface area contributed by atoms with Crippen molar-refractivity contribution in [3.05, 3.63) is 24.0 Å². The van der Waals surface area contributed by atoms with Gasteiger partial charge in [-0.25, -0.2) is 18.1 Å². The van der Waals surface area contributed by atoms with Crippen molar-refractivity contribution in [2.75, 3.05) is 23.4 Å². The zero-order valence-corrected chi connectivity index (χ0v) is 21.2. The molecule has 2 aromatic rings. The van der Waals surface area contributed by atoms with Crippen molar-refractivity contribution >= 4 is 38.2 Å². The summed E-state index contributed by atoms with van der Waals surface area (Å²) >= 11 is 0. The normalized spacial score (nSPS) is 23.7. The van der Waals surface area contributed by atoms with Crippen molar-refractivity contribution in [1.82, 2.24) is 25.6 Å². The van der Waals surface area contributed by atoms with Crippen molar-refractivity contribution in [3.8, 4) is 0 Å². The van der Waals surface area contributed by atoms with Gasteiger partial charge in [-0.3, -0.25) is 15.1 Å². The minimum atomic E-state index is -2.95. The van der Waals surface area contributed by atoms with E-state index in [1.54, 1.807) is 0 Å². The third kappa shape index (κ3) is 4.75. The Hall–Kier alpha value is -2.66. The predicted octanol–water partition coefficient (Wildman–Crippen LogP) is 2.38. The molecular formula is C24H34N6O4S. The fraction of sp³-hybridized carbons (Fsp3) is 0.625. The molecular weight excluding hydrogens is 468 g/mol. The number of rotatable bonds is 6. The Morgan fingerprint density at radius 2 is 1.94 bits per heavy atom. The van der Waals surface area contributed by atoms with E-state index in [0.29, 0.717) is 25.9 Å². The highest BCUT2D eigenvalue weighted by atomic mass is 32.2. The minimum Gasteiger partial charge on any atom is -0.381 e. The number of aryl methyl sites for hydroxylation is 1. The molecule has 11 heteroatoms. The first-order valence-corrected chi connectivity index (χ1v) is 14.4. The van der Waals surface area contributed by atoms with Gasteiger partial charge in [-0.1, -0.05) is 0 Å². The summed E-state index contributed by atoms with van der Waals surface area (Å²) in [4.78, 5) is 23.1. The third-order valence-electron chi connectivity index (χ3n) is 7.48. The van der Waals surface area contributed by atoms with Crippen LogP contribution in [0.2, 0.25) is 0 Å². The van der Waals surface area contributed by atoms with Crippen molar-refractivity contribution in [3.63, 3.8) is 0 Å². The molecule has 1 spiro atoms. The lowest BCUT2D eigenvalue weighted by atomic mass is 9.78. The molecule has 190 valence electrons. The number of nitrogens with zero attached hydrogens (tertiary/aromatic N) is 3. The van der Waals surface area contributed by atoms with E-state index in [0.717, 1.165) is 53.7 Å². The van der Waals surface area contributed by atoms with Crippen molar-refractivity contribution < 1.29 is 18.0 Å². The van der Waals surface area contributed by atoms with Gasteiger partial charge < -0.3 is 10.6 Å². The second-order valence-corrected chi connectivity index (χ2v) is 12.1. The fourth-order valence-electron chi connectivity index (χ4n) is 5.40. The number of hydrogen-bond acceptors (Lipinski definition) is 8. The van der Waals surface area contributed by atoms with Crippen molar-refractivity contribution in [1.29, 1.82) is 0 Å². The highest BCUT2D eigenvalue weighted by Gasteiger charge is 2.41. The van der Waals surface area contributed by atoms with E-state index in [1.807, 2.05) is 30.9 Å². The fourth-order valence-corrected chi connectivity index (χ4v) is 6.89. The summed E-state index contributed by atoms with van der Waals surface area (Å²) in [5.41, 5.74) is 6.10. The van der Waals surface area contributed by atoms with Gasteiger partial charge in [0.05, 0.1) is 34.5 Å². The van der Waals surface area contributed by atoms with Crippen LogP contribution < -0.4 is 16.1 Å². The molecule has 10 nitrogen and oxygen atoms in total. The number of fused-ring (bicyclic) bond motifs is 1. The van der Waals surface area contributed by atoms with Crippen LogP contribution >= 0.6 is 0 Å². The number of carbonyl (C=O) groups is 1. The molecule has 5 rings (SSSR count). The molecule has 2 aromatic heterocycles. The zero-order valence-electron chi connectivity index (χ0n) is 20.3. The molecule has 0 aromatic carbocycles. The lowest BCUT2D eigenvalue weighted by Gasteiger charge is -2.33. The summed E-state index contributed by atoms with van der Waals surface area (Å²) in [6.07, 6.45) is 10.0. The van der Waals surface area contributed by atoms with E-state index in [1.165, 1.54) is 0 Å². The number of sulfone groups is 1. The molecule has 1 aliphatic carbocycles. The molecule has 4 heterocycles. The van der Waals surface area contributed by atoms with Crippen LogP contribution in [0.1, 0.15) is 57.9 Å². The van der Waals surface area contributed by atoms with Crippen LogP contribution in [0.5, 0.6) is 0 Å². The van der Waals surface area contributed by atoms with E-state index < -0.39 is 15.4 Å². The number of pyridine rings is 1. The number of hydroxylamine groups is 1. The standard InChI is InChI=1S/C24H34N6O4S/c1-3-25-23(31)16-5-9-24(10-6-16)13-20(29-34-24)18-14-26-22-19(15-27-30(22)4-2)21(18)28-17-7-11-35(32,33)12-8-17/h13-17,29H,3-12H2,1-2H3,(H,25,31)(H,26,28). The van der Waals surface area contributed by atoms with E-state index in [-0.39, 0.29) is 29.4 Å². The van der Waals surface area contributed by atoms with Crippen LogP contribution in [-0.4, -0.2) is 58.8 Å². The van der Waals surface area contributed by atoms with Crippen molar-refractivity contribution in [2.24, 2.45) is 5.92 Å². The average molecular weight is 503 g/mol. The maximum absolute atomic E-state index is 12.3. The van der Waals surface area contributed by atoms with Gasteiger partial charge in [-0.2, -0.15) is 5.10 Å². The lowest BCUT2D eigenvalue weighted by molar-refractivity contribution is -0.128. The highest BCUT2D eigenvalue weighted by Crippen LogP contribution is 2.42. The van der Waals surface area contributed by atoms with E-state index >= 15 is 0 Å². The average Bonchev–Trinajstić information content (AvgIpc) is 3.45. The smallest absolute Gasteiger partial charge is 0.223 e. The van der Waals surface area contributed by atoms with Crippen LogP contribution in [0, 0.1) is 5.92 Å². The topological polar surface area (TPSA) is 127 Å². The molecule has 35 heavy (non-hydrogen) atoms. The number of nitrogens with one attached hydrogen (secondary N) is 3. The second-order valence-electron chi connectivity index (χ2n) is 9.81. The number of amides is 1. The quantitative estimate of drug-likeness (QED) is 0.550. The zero-order chi connectivity index (χ0) is 24.6. The molecule has 1 amide bonds. The Bertz CT molecular complexity index is 1230. The van der Waals surface area contributed by atoms with Crippen LogP contribution in [0.3, 0.4) is 0 Å². The van der Waals surface area contributed by atoms with E-state index in [9.17, 15) is 13.2 Å². The van der Waals surface area contributed by atoms with Gasteiger partial charge in [0.25, 0.3) is 0 Å². The molecule has 3 N–H and O–H groups in total. The predicted molar refractivity (Wildman–Crippen MR) is 134 cm³/mol. The van der Waals surface area contributed by atoms with Crippen LogP contribution in [-0.2, 0) is 26.0 Å². The number of aromatic nitrogens is 3. The second kappa shape index (κ2) is 9.42. The Balaban J connectivity index is 1.43. The van der Waals surface area contributed by atoms with E-state index in [4.69, 9.17) is 9.82 Å². The van der Waals surface area contributed by atoms with Gasteiger partial charge in [0.1, 0.15) is 15.4 Å². The maximum Gasteiger partial charge on any atom is 0.223 e. The summed E-state index contributed by atoms with van der Waals surface area (Å²) in [5, 5.41) is 12.0. The Labute approximate surface area is 205 Å². The van der Waals surface area contributed by atoms with Gasteiger partial charge in [0.15, 0.2) is 5.65 Å². The molecule has 2 fully saturated rings. The van der Waals surface area contributed by atoms with Gasteiger partial charge >= 0.3 is 0 Å². The van der Waals surface area contributed by atoms with Crippen LogP contribution in [0.4, 0.5) is 5.69 Å². The SMILES string of the molecule is CCNC(=O)C1CCC2(C=C(c3cnc4c(cnn4CC)c3NC3CCS(=O)(=O)CC3)NO2)CC1. The molecule has 3 aliphatic rings. The Kier molecular flexibility index (Phi) is 6.47. The van der Waals surface area contributed by atoms with Gasteiger partial charge in [-0.05, 0) is 58.4 Å². The molecule has 1 saturated heterocycles. The van der Waals surface area contributed by atoms with Gasteiger partial charge in [0, 0.05) is 36.8 Å². The first-order valence-electron chi connectivity index (χ1n) is 12.6. The van der Waals surface area contributed by atoms with Gasteiger partial charge in [-0.15, -0.1) is 0 Å². The molecule has 0 bridgehead atoms. The number of hydrogen-bond donors (Lipinski definition) is 3. The van der Waals surface area contributed by atoms with E-state index in [2.05, 4.69) is 27.3 Å². The van der Waals surface area contributed by atoms with Crippen LogP contribution in [0.25, 0.3) is 16.7 Å². The third-order valence-corrected chi connectivity index (χ3v) is 9.20. The molecule has 0 atom stereocenters. The summed E-state index contributed by atoms with van der Waals surface area (Å²) in [7, 11) is -2.95. The lowest BCUT2D eigenvalue weighted by Crippen LogP contribution is -2.39. The highest BCUT2D eigenvalue weighted by molar-refractivity contribution is 7.91. The first kappa shape index (κ1) is 24.1. The molecule has 2 aliphatic heterocycles. The van der Waals surface area contributed by atoms with Gasteiger partial charge in [0.2, 0.25) is 5.91 Å². The van der Waals surface area contributed by atoms with Crippen molar-refractivity contribution in [2.45, 2.75) is 70.6 Å². The largest absolute Gasteiger partial charge is 0.381 e.